The SMILES string of the molecule is COCCC(C)NCC(CC(C)C)C(=O)O. The minimum absolute atomic E-state index is 0.287. The highest BCUT2D eigenvalue weighted by Crippen LogP contribution is 2.11. The molecule has 2 atom stereocenters. The summed E-state index contributed by atoms with van der Waals surface area (Å²) in [6.07, 6.45) is 1.63. The molecule has 0 bridgehead atoms. The van der Waals surface area contributed by atoms with Gasteiger partial charge in [0.2, 0.25) is 0 Å². The molecule has 0 heterocycles. The van der Waals surface area contributed by atoms with Gasteiger partial charge in [-0.05, 0) is 25.7 Å². The van der Waals surface area contributed by atoms with Gasteiger partial charge in [0.05, 0.1) is 5.92 Å². The molecule has 0 aliphatic carbocycles. The maximum Gasteiger partial charge on any atom is 0.307 e. The Labute approximate surface area is 98.4 Å². The highest BCUT2D eigenvalue weighted by Gasteiger charge is 2.19. The number of methoxy groups -OCH3 is 1. The van der Waals surface area contributed by atoms with Crippen LogP contribution in [-0.4, -0.2) is 37.4 Å². The Morgan fingerprint density at radius 3 is 2.44 bits per heavy atom. The maximum absolute atomic E-state index is 11.0. The summed E-state index contributed by atoms with van der Waals surface area (Å²) in [5.74, 6) is -0.581. The number of ether oxygens (including phenoxy) is 1. The molecule has 0 aliphatic rings. The Balaban J connectivity index is 3.87. The molecule has 0 saturated heterocycles. The second-order valence-corrected chi connectivity index (χ2v) is 4.76. The smallest absolute Gasteiger partial charge is 0.307 e. The lowest BCUT2D eigenvalue weighted by Gasteiger charge is -2.19. The van der Waals surface area contributed by atoms with Gasteiger partial charge in [-0.15, -0.1) is 0 Å². The average Bonchev–Trinajstić information content (AvgIpc) is 2.20. The molecular weight excluding hydrogens is 206 g/mol. The molecule has 0 spiro atoms. The van der Waals surface area contributed by atoms with Crippen LogP contribution in [0.4, 0.5) is 0 Å². The van der Waals surface area contributed by atoms with E-state index in [1.54, 1.807) is 7.11 Å². The number of aliphatic carboxylic acids is 1. The van der Waals surface area contributed by atoms with Gasteiger partial charge in [-0.2, -0.15) is 0 Å². The molecule has 2 N–H and O–H groups in total. The van der Waals surface area contributed by atoms with Gasteiger partial charge < -0.3 is 15.2 Å². The van der Waals surface area contributed by atoms with Gasteiger partial charge in [0, 0.05) is 26.3 Å². The van der Waals surface area contributed by atoms with E-state index in [1.165, 1.54) is 0 Å². The molecule has 4 nitrogen and oxygen atoms in total. The molecule has 0 aromatic heterocycles. The first-order chi connectivity index (χ1) is 7.47. The summed E-state index contributed by atoms with van der Waals surface area (Å²) in [7, 11) is 1.67. The average molecular weight is 231 g/mol. The second kappa shape index (κ2) is 8.53. The van der Waals surface area contributed by atoms with Crippen molar-refractivity contribution in [1.82, 2.24) is 5.32 Å². The minimum atomic E-state index is -0.708. The van der Waals surface area contributed by atoms with Gasteiger partial charge >= 0.3 is 5.97 Å². The summed E-state index contributed by atoms with van der Waals surface area (Å²) in [5, 5.41) is 12.3. The largest absolute Gasteiger partial charge is 0.481 e. The highest BCUT2D eigenvalue weighted by molar-refractivity contribution is 5.70. The fourth-order valence-electron chi connectivity index (χ4n) is 1.58. The molecule has 0 saturated carbocycles. The number of carbonyl (C=O) groups is 1. The molecule has 0 radical (unpaired) electrons. The third-order valence-corrected chi connectivity index (χ3v) is 2.57. The van der Waals surface area contributed by atoms with Crippen LogP contribution in [-0.2, 0) is 9.53 Å². The fourth-order valence-corrected chi connectivity index (χ4v) is 1.58. The zero-order valence-electron chi connectivity index (χ0n) is 10.8. The van der Waals surface area contributed by atoms with Gasteiger partial charge in [0.1, 0.15) is 0 Å². The monoisotopic (exact) mass is 231 g/mol. The van der Waals surface area contributed by atoms with E-state index in [9.17, 15) is 4.79 Å². The standard InChI is InChI=1S/C12H25NO3/c1-9(2)7-11(12(14)15)8-13-10(3)5-6-16-4/h9-11,13H,5-8H2,1-4H3,(H,14,15). The van der Waals surface area contributed by atoms with Gasteiger partial charge in [0.15, 0.2) is 0 Å². The normalized spacial score (nSPS) is 15.1. The lowest BCUT2D eigenvalue weighted by Crippen LogP contribution is -2.35. The summed E-state index contributed by atoms with van der Waals surface area (Å²) in [4.78, 5) is 11.0. The Kier molecular flexibility index (Phi) is 8.21. The van der Waals surface area contributed by atoms with Gasteiger partial charge in [-0.25, -0.2) is 0 Å². The molecule has 0 amide bonds. The Morgan fingerprint density at radius 2 is 2.00 bits per heavy atom. The second-order valence-electron chi connectivity index (χ2n) is 4.76. The summed E-state index contributed by atoms with van der Waals surface area (Å²) in [6, 6.07) is 0.300. The van der Waals surface area contributed by atoms with Crippen LogP contribution in [0.2, 0.25) is 0 Å². The first-order valence-corrected chi connectivity index (χ1v) is 5.92. The molecule has 4 heteroatoms. The topological polar surface area (TPSA) is 58.6 Å². The maximum atomic E-state index is 11.0. The van der Waals surface area contributed by atoms with E-state index in [1.807, 2.05) is 20.8 Å². The summed E-state index contributed by atoms with van der Waals surface area (Å²) in [5.41, 5.74) is 0. The molecule has 16 heavy (non-hydrogen) atoms. The molecule has 96 valence electrons. The van der Waals surface area contributed by atoms with Crippen molar-refractivity contribution in [3.63, 3.8) is 0 Å². The van der Waals surface area contributed by atoms with Crippen LogP contribution in [0, 0.1) is 11.8 Å². The third-order valence-electron chi connectivity index (χ3n) is 2.57. The van der Waals surface area contributed by atoms with Crippen molar-refractivity contribution < 1.29 is 14.6 Å². The molecule has 2 unspecified atom stereocenters. The number of hydrogen-bond donors (Lipinski definition) is 2. The van der Waals surface area contributed by atoms with E-state index in [-0.39, 0.29) is 5.92 Å². The van der Waals surface area contributed by atoms with Crippen molar-refractivity contribution in [1.29, 1.82) is 0 Å². The van der Waals surface area contributed by atoms with Crippen molar-refractivity contribution in [2.45, 2.75) is 39.7 Å². The molecule has 0 aromatic rings. The Bertz CT molecular complexity index is 195. The summed E-state index contributed by atoms with van der Waals surface area (Å²) < 4.78 is 4.97. The van der Waals surface area contributed by atoms with Crippen LogP contribution in [0.1, 0.15) is 33.6 Å². The zero-order valence-corrected chi connectivity index (χ0v) is 10.8. The first-order valence-electron chi connectivity index (χ1n) is 5.92. The van der Waals surface area contributed by atoms with Crippen molar-refractivity contribution in [3.05, 3.63) is 0 Å². The van der Waals surface area contributed by atoms with Crippen LogP contribution >= 0.6 is 0 Å². The number of nitrogens with one attached hydrogen (secondary N) is 1. The van der Waals surface area contributed by atoms with E-state index in [2.05, 4.69) is 5.32 Å². The molecule has 0 fully saturated rings. The quantitative estimate of drug-likeness (QED) is 0.634. The van der Waals surface area contributed by atoms with Crippen LogP contribution in [0.25, 0.3) is 0 Å². The predicted octanol–water partition coefficient (Wildman–Crippen LogP) is 1.75. The van der Waals surface area contributed by atoms with Crippen LogP contribution < -0.4 is 5.32 Å². The summed E-state index contributed by atoms with van der Waals surface area (Å²) in [6.45, 7) is 7.39. The molecular formula is C12H25NO3. The number of carboxylic acid groups (broad SMARTS) is 1. The van der Waals surface area contributed by atoms with Crippen LogP contribution in [0.15, 0.2) is 0 Å². The van der Waals surface area contributed by atoms with E-state index in [0.29, 0.717) is 25.1 Å². The lowest BCUT2D eigenvalue weighted by molar-refractivity contribution is -0.142. The number of hydrogen-bond acceptors (Lipinski definition) is 3. The van der Waals surface area contributed by atoms with Gasteiger partial charge in [-0.1, -0.05) is 13.8 Å². The molecule has 0 aromatic carbocycles. The van der Waals surface area contributed by atoms with Crippen molar-refractivity contribution in [3.8, 4) is 0 Å². The zero-order chi connectivity index (χ0) is 12.6. The van der Waals surface area contributed by atoms with Crippen molar-refractivity contribution in [2.75, 3.05) is 20.3 Å². The van der Waals surface area contributed by atoms with E-state index in [4.69, 9.17) is 9.84 Å². The van der Waals surface area contributed by atoms with Crippen molar-refractivity contribution >= 4 is 5.97 Å². The van der Waals surface area contributed by atoms with Crippen LogP contribution in [0.3, 0.4) is 0 Å². The predicted molar refractivity (Wildman–Crippen MR) is 64.5 cm³/mol. The number of carboxylic acids is 1. The first kappa shape index (κ1) is 15.4. The summed E-state index contributed by atoms with van der Waals surface area (Å²) >= 11 is 0. The third kappa shape index (κ3) is 7.65. The van der Waals surface area contributed by atoms with Gasteiger partial charge in [0.25, 0.3) is 0 Å². The number of rotatable bonds is 9. The molecule has 0 aliphatic heterocycles. The highest BCUT2D eigenvalue weighted by atomic mass is 16.5. The van der Waals surface area contributed by atoms with E-state index >= 15 is 0 Å². The van der Waals surface area contributed by atoms with E-state index < -0.39 is 5.97 Å². The minimum Gasteiger partial charge on any atom is -0.481 e. The van der Waals surface area contributed by atoms with Crippen molar-refractivity contribution in [2.24, 2.45) is 11.8 Å². The fraction of sp³-hybridized carbons (Fsp3) is 0.917. The van der Waals surface area contributed by atoms with Crippen LogP contribution in [0.5, 0.6) is 0 Å². The Hall–Kier alpha value is -0.610. The molecule has 0 rings (SSSR count). The Morgan fingerprint density at radius 1 is 1.38 bits per heavy atom. The van der Waals surface area contributed by atoms with E-state index in [0.717, 1.165) is 12.8 Å². The van der Waals surface area contributed by atoms with Gasteiger partial charge in [-0.3, -0.25) is 4.79 Å². The lowest BCUT2D eigenvalue weighted by atomic mass is 9.97.